The second-order valence-corrected chi connectivity index (χ2v) is 10.2. The van der Waals surface area contributed by atoms with Crippen molar-refractivity contribution in [1.82, 2.24) is 25.6 Å². The normalized spacial score (nSPS) is 24.3. The highest BCUT2D eigenvalue weighted by atomic mass is 16.2. The van der Waals surface area contributed by atoms with Crippen molar-refractivity contribution in [1.29, 1.82) is 0 Å². The van der Waals surface area contributed by atoms with E-state index >= 15 is 0 Å². The van der Waals surface area contributed by atoms with E-state index in [0.717, 1.165) is 49.3 Å². The van der Waals surface area contributed by atoms with Crippen LogP contribution in [0.2, 0.25) is 0 Å². The molecule has 3 fully saturated rings. The molecule has 3 aliphatic heterocycles. The third kappa shape index (κ3) is 6.20. The molecule has 5 amide bonds. The summed E-state index contributed by atoms with van der Waals surface area (Å²) in [6.07, 6.45) is 7.08. The zero-order valence-corrected chi connectivity index (χ0v) is 20.6. The highest BCUT2D eigenvalue weighted by Crippen LogP contribution is 2.23. The number of urea groups is 1. The van der Waals surface area contributed by atoms with Crippen LogP contribution >= 0.6 is 0 Å². The summed E-state index contributed by atoms with van der Waals surface area (Å²) in [4.78, 5) is 54.9. The predicted octanol–water partition coefficient (Wildman–Crippen LogP) is 2.08. The van der Waals surface area contributed by atoms with Gasteiger partial charge >= 0.3 is 6.03 Å². The number of nitrogens with one attached hydrogen (secondary N) is 2. The summed E-state index contributed by atoms with van der Waals surface area (Å²) in [5.41, 5.74) is 2.50. The maximum atomic E-state index is 13.0. The minimum atomic E-state index is -1.06. The summed E-state index contributed by atoms with van der Waals surface area (Å²) in [6.45, 7) is 4.78. The highest BCUT2D eigenvalue weighted by molar-refractivity contribution is 6.07. The van der Waals surface area contributed by atoms with E-state index in [4.69, 9.17) is 0 Å². The number of likely N-dealkylation sites (tertiary alicyclic amines) is 2. The standard InChI is InChI=1S/C26H37N5O4/c1-26(14-11-20-9-5-4-6-10-20)24(34)31(25(35)27-26)28-22(32)19-29-17-12-21(13-18-29)23(33)30-15-7-2-3-8-16-30/h4-6,9-10,21H,2-3,7-8,11-19H2,1H3,(H,27,35)(H,28,32)/t26-/m0/s1. The second kappa shape index (κ2) is 11.2. The molecular formula is C26H37N5O4. The number of carbonyl (C=O) groups excluding carboxylic acids is 4. The minimum absolute atomic E-state index is 0.0173. The maximum absolute atomic E-state index is 13.0. The van der Waals surface area contributed by atoms with Gasteiger partial charge in [-0.25, -0.2) is 4.79 Å². The fourth-order valence-corrected chi connectivity index (χ4v) is 5.24. The molecule has 3 aliphatic rings. The Kier molecular flexibility index (Phi) is 8.05. The first kappa shape index (κ1) is 25.2. The molecule has 1 atom stereocenters. The summed E-state index contributed by atoms with van der Waals surface area (Å²) in [5.74, 6) is -0.583. The number of hydrogen-bond acceptors (Lipinski definition) is 5. The van der Waals surface area contributed by atoms with Gasteiger partial charge in [0.25, 0.3) is 11.8 Å². The second-order valence-electron chi connectivity index (χ2n) is 10.2. The largest absolute Gasteiger partial charge is 0.344 e. The Morgan fingerprint density at radius 1 is 1.00 bits per heavy atom. The molecule has 1 aromatic rings. The molecule has 4 rings (SSSR count). The van der Waals surface area contributed by atoms with E-state index < -0.39 is 23.4 Å². The Morgan fingerprint density at radius 3 is 2.31 bits per heavy atom. The van der Waals surface area contributed by atoms with Crippen molar-refractivity contribution in [3.63, 3.8) is 0 Å². The number of aryl methyl sites for hydroxylation is 1. The van der Waals surface area contributed by atoms with Gasteiger partial charge in [-0.05, 0) is 64.1 Å². The fourth-order valence-electron chi connectivity index (χ4n) is 5.24. The summed E-state index contributed by atoms with van der Waals surface area (Å²) in [7, 11) is 0. The number of amides is 5. The van der Waals surface area contributed by atoms with Crippen molar-refractivity contribution in [2.75, 3.05) is 32.7 Å². The molecule has 2 N–H and O–H groups in total. The van der Waals surface area contributed by atoms with Crippen molar-refractivity contribution < 1.29 is 19.2 Å². The molecule has 0 radical (unpaired) electrons. The Bertz CT molecular complexity index is 923. The quantitative estimate of drug-likeness (QED) is 0.578. The van der Waals surface area contributed by atoms with Crippen LogP contribution in [0.5, 0.6) is 0 Å². The van der Waals surface area contributed by atoms with Gasteiger partial charge in [0.2, 0.25) is 5.91 Å². The van der Waals surface area contributed by atoms with Gasteiger partial charge in [-0.3, -0.25) is 24.7 Å². The molecule has 9 heteroatoms. The lowest BCUT2D eigenvalue weighted by Gasteiger charge is -2.33. The van der Waals surface area contributed by atoms with Gasteiger partial charge in [0.15, 0.2) is 0 Å². The number of nitrogens with zero attached hydrogens (tertiary/aromatic N) is 3. The van der Waals surface area contributed by atoms with Crippen LogP contribution in [0, 0.1) is 5.92 Å². The lowest BCUT2D eigenvalue weighted by Crippen LogP contribution is -2.52. The molecule has 1 aromatic carbocycles. The fraction of sp³-hybridized carbons (Fsp3) is 0.615. The molecule has 9 nitrogen and oxygen atoms in total. The molecule has 0 bridgehead atoms. The molecule has 35 heavy (non-hydrogen) atoms. The van der Waals surface area contributed by atoms with Crippen LogP contribution in [0.4, 0.5) is 4.79 Å². The Morgan fingerprint density at radius 2 is 1.66 bits per heavy atom. The molecule has 190 valence electrons. The number of hydrazine groups is 1. The SMILES string of the molecule is C[C@@]1(CCc2ccccc2)NC(=O)N(NC(=O)CN2CCC(C(=O)N3CCCCCC3)CC2)C1=O. The molecule has 0 aromatic heterocycles. The first-order chi connectivity index (χ1) is 16.9. The van der Waals surface area contributed by atoms with E-state index in [2.05, 4.69) is 10.7 Å². The molecule has 3 saturated heterocycles. The zero-order chi connectivity index (χ0) is 24.8. The topological polar surface area (TPSA) is 102 Å². The number of piperidine rings is 1. The Balaban J connectivity index is 1.23. The number of hydrogen-bond donors (Lipinski definition) is 2. The maximum Gasteiger partial charge on any atom is 0.344 e. The first-order valence-electron chi connectivity index (χ1n) is 12.9. The summed E-state index contributed by atoms with van der Waals surface area (Å²) < 4.78 is 0. The zero-order valence-electron chi connectivity index (χ0n) is 20.6. The molecular weight excluding hydrogens is 446 g/mol. The monoisotopic (exact) mass is 483 g/mol. The van der Waals surface area contributed by atoms with Gasteiger partial charge in [-0.15, -0.1) is 0 Å². The van der Waals surface area contributed by atoms with Crippen molar-refractivity contribution in [2.45, 2.75) is 63.8 Å². The molecule has 0 spiro atoms. The van der Waals surface area contributed by atoms with E-state index in [1.807, 2.05) is 40.1 Å². The van der Waals surface area contributed by atoms with Crippen LogP contribution < -0.4 is 10.7 Å². The van der Waals surface area contributed by atoms with Crippen molar-refractivity contribution >= 4 is 23.8 Å². The molecule has 0 saturated carbocycles. The van der Waals surface area contributed by atoms with Crippen LogP contribution in [0.15, 0.2) is 30.3 Å². The minimum Gasteiger partial charge on any atom is -0.342 e. The first-order valence-corrected chi connectivity index (χ1v) is 12.9. The number of carbonyl (C=O) groups is 4. The van der Waals surface area contributed by atoms with Crippen LogP contribution in [0.1, 0.15) is 57.4 Å². The summed E-state index contributed by atoms with van der Waals surface area (Å²) in [6, 6.07) is 9.16. The van der Waals surface area contributed by atoms with Crippen molar-refractivity contribution in [3.8, 4) is 0 Å². The average Bonchev–Trinajstić information content (AvgIpc) is 3.05. The van der Waals surface area contributed by atoms with Gasteiger partial charge in [0.05, 0.1) is 6.54 Å². The highest BCUT2D eigenvalue weighted by Gasteiger charge is 2.48. The lowest BCUT2D eigenvalue weighted by atomic mass is 9.93. The van der Waals surface area contributed by atoms with Crippen LogP contribution in [0.25, 0.3) is 0 Å². The van der Waals surface area contributed by atoms with E-state index in [9.17, 15) is 19.2 Å². The summed E-state index contributed by atoms with van der Waals surface area (Å²) in [5, 5.41) is 3.54. The average molecular weight is 484 g/mol. The van der Waals surface area contributed by atoms with E-state index in [-0.39, 0.29) is 18.4 Å². The van der Waals surface area contributed by atoms with Crippen LogP contribution in [0.3, 0.4) is 0 Å². The molecule has 3 heterocycles. The van der Waals surface area contributed by atoms with Gasteiger partial charge in [-0.1, -0.05) is 43.2 Å². The Hall–Kier alpha value is -2.94. The van der Waals surface area contributed by atoms with Crippen molar-refractivity contribution in [2.24, 2.45) is 5.92 Å². The van der Waals surface area contributed by atoms with Crippen LogP contribution in [-0.2, 0) is 20.8 Å². The van der Waals surface area contributed by atoms with Gasteiger partial charge in [0.1, 0.15) is 5.54 Å². The van der Waals surface area contributed by atoms with Gasteiger partial charge in [0, 0.05) is 19.0 Å². The van der Waals surface area contributed by atoms with E-state index in [0.29, 0.717) is 25.9 Å². The van der Waals surface area contributed by atoms with E-state index in [1.54, 1.807) is 6.92 Å². The number of rotatable bonds is 7. The van der Waals surface area contributed by atoms with Gasteiger partial charge < -0.3 is 10.2 Å². The Labute approximate surface area is 207 Å². The number of imide groups is 1. The third-order valence-electron chi connectivity index (χ3n) is 7.48. The molecule has 0 unspecified atom stereocenters. The third-order valence-corrected chi connectivity index (χ3v) is 7.48. The summed E-state index contributed by atoms with van der Waals surface area (Å²) >= 11 is 0. The molecule has 0 aliphatic carbocycles. The van der Waals surface area contributed by atoms with Crippen LogP contribution in [-0.4, -0.2) is 76.8 Å². The van der Waals surface area contributed by atoms with Crippen molar-refractivity contribution in [3.05, 3.63) is 35.9 Å². The lowest BCUT2D eigenvalue weighted by molar-refractivity contribution is -0.140. The van der Waals surface area contributed by atoms with E-state index in [1.165, 1.54) is 12.8 Å². The number of benzene rings is 1. The smallest absolute Gasteiger partial charge is 0.342 e. The van der Waals surface area contributed by atoms with Gasteiger partial charge in [-0.2, -0.15) is 5.01 Å². The predicted molar refractivity (Wildman–Crippen MR) is 131 cm³/mol.